The molecule has 2 nitrogen and oxygen atoms in total. The van der Waals surface area contributed by atoms with Gasteiger partial charge in [-0.3, -0.25) is 0 Å². The van der Waals surface area contributed by atoms with Crippen molar-refractivity contribution in [3.8, 4) is 0 Å². The molecule has 0 saturated carbocycles. The fourth-order valence-corrected chi connectivity index (χ4v) is 2.71. The predicted molar refractivity (Wildman–Crippen MR) is 82.0 cm³/mol. The maximum absolute atomic E-state index is 13.7. The quantitative estimate of drug-likeness (QED) is 0.665. The Labute approximate surface area is 129 Å². The lowest BCUT2D eigenvalue weighted by Gasteiger charge is -2.09. The van der Waals surface area contributed by atoms with Crippen molar-refractivity contribution < 1.29 is 8.78 Å². The van der Waals surface area contributed by atoms with Crippen molar-refractivity contribution in [3.05, 3.63) is 63.8 Å². The second kappa shape index (κ2) is 5.54. The van der Waals surface area contributed by atoms with E-state index in [0.29, 0.717) is 10.7 Å². The fraction of sp³-hybridized carbons (Fsp3) is 0.0667. The summed E-state index contributed by atoms with van der Waals surface area (Å²) < 4.78 is 26.7. The van der Waals surface area contributed by atoms with Gasteiger partial charge in [-0.25, -0.2) is 8.78 Å². The van der Waals surface area contributed by atoms with Crippen LogP contribution >= 0.6 is 23.2 Å². The highest BCUT2D eigenvalue weighted by molar-refractivity contribution is 6.36. The molecule has 6 heteroatoms. The van der Waals surface area contributed by atoms with Crippen molar-refractivity contribution >= 4 is 39.8 Å². The fourth-order valence-electron chi connectivity index (χ4n) is 2.17. The number of para-hydroxylation sites is 1. The van der Waals surface area contributed by atoms with Gasteiger partial charge >= 0.3 is 0 Å². The van der Waals surface area contributed by atoms with Gasteiger partial charge in [0.05, 0.1) is 28.0 Å². The average molecular weight is 327 g/mol. The standard InChI is InChI=1S/C15H10Cl2F2N2/c16-10-5-8(18)6-11(19)15(10)20-7-13-14(17)9-3-1-2-4-12(9)21-13/h1-6,20-21H,7H2. The number of rotatable bonds is 3. The molecule has 1 aromatic heterocycles. The number of nitrogens with one attached hydrogen (secondary N) is 2. The van der Waals surface area contributed by atoms with Gasteiger partial charge in [-0.1, -0.05) is 41.4 Å². The van der Waals surface area contributed by atoms with Gasteiger partial charge in [0.15, 0.2) is 5.82 Å². The number of hydrogen-bond acceptors (Lipinski definition) is 1. The molecule has 0 aliphatic heterocycles. The highest BCUT2D eigenvalue weighted by Crippen LogP contribution is 2.30. The van der Waals surface area contributed by atoms with Crippen LogP contribution in [0.2, 0.25) is 10.0 Å². The minimum Gasteiger partial charge on any atom is -0.376 e. The largest absolute Gasteiger partial charge is 0.376 e. The van der Waals surface area contributed by atoms with Crippen LogP contribution in [0.4, 0.5) is 14.5 Å². The zero-order valence-corrected chi connectivity index (χ0v) is 12.2. The van der Waals surface area contributed by atoms with Crippen molar-refractivity contribution in [1.29, 1.82) is 0 Å². The first kappa shape index (κ1) is 14.2. The third-order valence-electron chi connectivity index (χ3n) is 3.16. The lowest BCUT2D eigenvalue weighted by atomic mass is 10.2. The van der Waals surface area contributed by atoms with Crippen LogP contribution < -0.4 is 5.32 Å². The van der Waals surface area contributed by atoms with Crippen molar-refractivity contribution in [2.24, 2.45) is 0 Å². The lowest BCUT2D eigenvalue weighted by Crippen LogP contribution is -2.03. The van der Waals surface area contributed by atoms with E-state index in [9.17, 15) is 8.78 Å². The number of H-pyrrole nitrogens is 1. The molecule has 0 atom stereocenters. The summed E-state index contributed by atoms with van der Waals surface area (Å²) >= 11 is 12.1. The Bertz CT molecular complexity index is 792. The molecule has 0 aliphatic carbocycles. The second-order valence-corrected chi connectivity index (χ2v) is 5.35. The van der Waals surface area contributed by atoms with Gasteiger partial charge in [0.25, 0.3) is 0 Å². The van der Waals surface area contributed by atoms with E-state index in [2.05, 4.69) is 10.3 Å². The molecular weight excluding hydrogens is 317 g/mol. The summed E-state index contributed by atoms with van der Waals surface area (Å²) in [6.45, 7) is 0.246. The summed E-state index contributed by atoms with van der Waals surface area (Å²) in [4.78, 5) is 3.15. The normalized spacial score (nSPS) is 11.0. The van der Waals surface area contributed by atoms with Crippen LogP contribution in [0.3, 0.4) is 0 Å². The number of hydrogen-bond donors (Lipinski definition) is 2. The average Bonchev–Trinajstić information content (AvgIpc) is 2.75. The van der Waals surface area contributed by atoms with Crippen LogP contribution in [-0.2, 0) is 6.54 Å². The number of aromatic amines is 1. The van der Waals surface area contributed by atoms with E-state index in [1.54, 1.807) is 0 Å². The molecule has 3 rings (SSSR count). The van der Waals surface area contributed by atoms with E-state index in [4.69, 9.17) is 23.2 Å². The van der Waals surface area contributed by atoms with Gasteiger partial charge in [-0.15, -0.1) is 0 Å². The third kappa shape index (κ3) is 2.69. The minimum absolute atomic E-state index is 0.0141. The van der Waals surface area contributed by atoms with Crippen molar-refractivity contribution in [2.75, 3.05) is 5.32 Å². The SMILES string of the molecule is Fc1cc(F)c(NCc2[nH]c3ccccc3c2Cl)c(Cl)c1. The maximum Gasteiger partial charge on any atom is 0.150 e. The lowest BCUT2D eigenvalue weighted by molar-refractivity contribution is 0.585. The van der Waals surface area contributed by atoms with Crippen molar-refractivity contribution in [3.63, 3.8) is 0 Å². The monoisotopic (exact) mass is 326 g/mol. The molecule has 0 fully saturated rings. The van der Waals surface area contributed by atoms with Crippen LogP contribution in [0.5, 0.6) is 0 Å². The molecule has 0 aliphatic rings. The van der Waals surface area contributed by atoms with Crippen LogP contribution in [0.15, 0.2) is 36.4 Å². The molecule has 21 heavy (non-hydrogen) atoms. The van der Waals surface area contributed by atoms with E-state index >= 15 is 0 Å². The van der Waals surface area contributed by atoms with E-state index in [1.807, 2.05) is 24.3 Å². The molecule has 2 aromatic carbocycles. The van der Waals surface area contributed by atoms with E-state index in [0.717, 1.165) is 23.0 Å². The first-order valence-corrected chi connectivity index (χ1v) is 6.95. The number of aromatic nitrogens is 1. The molecule has 0 unspecified atom stereocenters. The summed E-state index contributed by atoms with van der Waals surface area (Å²) in [5.41, 5.74) is 1.65. The van der Waals surface area contributed by atoms with Gasteiger partial charge in [0.1, 0.15) is 5.82 Å². The number of anilines is 1. The van der Waals surface area contributed by atoms with Gasteiger partial charge in [-0.05, 0) is 12.1 Å². The maximum atomic E-state index is 13.7. The molecule has 0 bridgehead atoms. The van der Waals surface area contributed by atoms with E-state index < -0.39 is 11.6 Å². The Morgan fingerprint density at radius 1 is 1.10 bits per heavy atom. The van der Waals surface area contributed by atoms with Crippen LogP contribution in [0.1, 0.15) is 5.69 Å². The van der Waals surface area contributed by atoms with Crippen molar-refractivity contribution in [1.82, 2.24) is 4.98 Å². The van der Waals surface area contributed by atoms with Crippen LogP contribution in [0, 0.1) is 11.6 Å². The summed E-state index contributed by atoms with van der Waals surface area (Å²) in [5, 5.41) is 4.28. The smallest absolute Gasteiger partial charge is 0.150 e. The molecule has 1 heterocycles. The Morgan fingerprint density at radius 3 is 2.57 bits per heavy atom. The second-order valence-electron chi connectivity index (χ2n) is 4.56. The third-order valence-corrected chi connectivity index (χ3v) is 3.89. The molecule has 0 spiro atoms. The van der Waals surface area contributed by atoms with Gasteiger partial charge < -0.3 is 10.3 Å². The Morgan fingerprint density at radius 2 is 1.86 bits per heavy atom. The van der Waals surface area contributed by atoms with E-state index in [-0.39, 0.29) is 17.3 Å². The molecule has 108 valence electrons. The highest BCUT2D eigenvalue weighted by atomic mass is 35.5. The summed E-state index contributed by atoms with van der Waals surface area (Å²) in [7, 11) is 0. The van der Waals surface area contributed by atoms with E-state index in [1.165, 1.54) is 0 Å². The Balaban J connectivity index is 1.89. The molecule has 3 aromatic rings. The first-order valence-electron chi connectivity index (χ1n) is 6.20. The molecular formula is C15H10Cl2F2N2. The molecule has 0 amide bonds. The van der Waals surface area contributed by atoms with Crippen molar-refractivity contribution in [2.45, 2.75) is 6.54 Å². The Kier molecular flexibility index (Phi) is 3.74. The van der Waals surface area contributed by atoms with Crippen LogP contribution in [0.25, 0.3) is 10.9 Å². The van der Waals surface area contributed by atoms with Gasteiger partial charge in [-0.2, -0.15) is 0 Å². The number of benzene rings is 2. The zero-order chi connectivity index (χ0) is 15.0. The number of halogens is 4. The molecule has 2 N–H and O–H groups in total. The van der Waals surface area contributed by atoms with Gasteiger partial charge in [0, 0.05) is 17.0 Å². The summed E-state index contributed by atoms with van der Waals surface area (Å²) in [6.07, 6.45) is 0. The molecule has 0 radical (unpaired) electrons. The summed E-state index contributed by atoms with van der Waals surface area (Å²) in [5.74, 6) is -1.46. The number of fused-ring (bicyclic) bond motifs is 1. The van der Waals surface area contributed by atoms with Gasteiger partial charge in [0.2, 0.25) is 0 Å². The molecule has 0 saturated heterocycles. The summed E-state index contributed by atoms with van der Waals surface area (Å²) in [6, 6.07) is 9.40. The Hall–Kier alpha value is -1.78. The minimum atomic E-state index is -0.743. The zero-order valence-electron chi connectivity index (χ0n) is 10.7. The van der Waals surface area contributed by atoms with Crippen LogP contribution in [-0.4, -0.2) is 4.98 Å². The topological polar surface area (TPSA) is 27.8 Å². The predicted octanol–water partition coefficient (Wildman–Crippen LogP) is 5.37. The first-order chi connectivity index (χ1) is 10.1. The highest BCUT2D eigenvalue weighted by Gasteiger charge is 2.12.